The van der Waals surface area contributed by atoms with Crippen molar-refractivity contribution in [1.82, 2.24) is 0 Å². The van der Waals surface area contributed by atoms with Gasteiger partial charge in [0.05, 0.1) is 18.9 Å². The van der Waals surface area contributed by atoms with Crippen LogP contribution in [0.2, 0.25) is 5.02 Å². The van der Waals surface area contributed by atoms with Crippen molar-refractivity contribution >= 4 is 17.3 Å². The molecule has 1 rings (SSSR count). The first-order valence-corrected chi connectivity index (χ1v) is 6.20. The third-order valence-electron chi connectivity index (χ3n) is 3.46. The minimum absolute atomic E-state index is 0.240. The number of rotatable bonds is 3. The van der Waals surface area contributed by atoms with Gasteiger partial charge in [-0.05, 0) is 44.4 Å². The maximum absolute atomic E-state index is 9.05. The lowest BCUT2D eigenvalue weighted by molar-refractivity contribution is 0.410. The Morgan fingerprint density at radius 1 is 1.22 bits per heavy atom. The number of ether oxygens (including phenoxy) is 1. The molecule has 0 radical (unpaired) electrons. The summed E-state index contributed by atoms with van der Waals surface area (Å²) < 4.78 is 5.50. The molecule has 18 heavy (non-hydrogen) atoms. The van der Waals surface area contributed by atoms with Gasteiger partial charge in [0.2, 0.25) is 0 Å². The molecule has 0 bridgehead atoms. The predicted octanol–water partition coefficient (Wildman–Crippen LogP) is 3.62. The third kappa shape index (κ3) is 2.26. The Balaban J connectivity index is 3.57. The number of hydrogen-bond donors (Lipinski definition) is 0. The van der Waals surface area contributed by atoms with Crippen LogP contribution in [0.1, 0.15) is 23.6 Å². The lowest BCUT2D eigenvalue weighted by Crippen LogP contribution is -2.28. The zero-order valence-electron chi connectivity index (χ0n) is 11.8. The Morgan fingerprint density at radius 2 is 1.78 bits per heavy atom. The zero-order chi connectivity index (χ0) is 14.0. The highest BCUT2D eigenvalue weighted by atomic mass is 35.5. The highest BCUT2D eigenvalue weighted by Gasteiger charge is 2.22. The lowest BCUT2D eigenvalue weighted by Gasteiger charge is -2.28. The first-order valence-electron chi connectivity index (χ1n) is 5.82. The molecule has 98 valence electrons. The third-order valence-corrected chi connectivity index (χ3v) is 4.02. The summed E-state index contributed by atoms with van der Waals surface area (Å²) >= 11 is 6.34. The number of nitrogens with zero attached hydrogens (tertiary/aromatic N) is 2. The maximum Gasteiger partial charge on any atom is 0.145 e. The summed E-state index contributed by atoms with van der Waals surface area (Å²) in [5.74, 6) is 0.791. The predicted molar refractivity (Wildman–Crippen MR) is 75.7 cm³/mol. The zero-order valence-corrected chi connectivity index (χ0v) is 12.5. The van der Waals surface area contributed by atoms with E-state index in [1.54, 1.807) is 7.11 Å². The average Bonchev–Trinajstić information content (AvgIpc) is 2.38. The number of methoxy groups -OCH3 is 1. The average molecular weight is 267 g/mol. The van der Waals surface area contributed by atoms with E-state index >= 15 is 0 Å². The van der Waals surface area contributed by atoms with Gasteiger partial charge in [-0.25, -0.2) is 0 Å². The van der Waals surface area contributed by atoms with Gasteiger partial charge in [-0.2, -0.15) is 5.26 Å². The van der Waals surface area contributed by atoms with E-state index in [0.29, 0.717) is 0 Å². The minimum atomic E-state index is -0.240. The fourth-order valence-electron chi connectivity index (χ4n) is 2.02. The molecule has 0 fully saturated rings. The summed E-state index contributed by atoms with van der Waals surface area (Å²) in [6.45, 7) is 7.76. The van der Waals surface area contributed by atoms with E-state index < -0.39 is 0 Å². The standard InChI is InChI=1S/C14H19ClN2O/c1-8(7-16)17(5)13-11(4)12(15)9(2)10(3)14(13)18-6/h8H,1-6H3. The molecule has 0 spiro atoms. The number of halogens is 1. The smallest absolute Gasteiger partial charge is 0.145 e. The Bertz CT molecular complexity index is 506. The van der Waals surface area contributed by atoms with Crippen molar-refractivity contribution < 1.29 is 4.74 Å². The van der Waals surface area contributed by atoms with Gasteiger partial charge in [0.1, 0.15) is 11.8 Å². The summed E-state index contributed by atoms with van der Waals surface area (Å²) in [5.41, 5.74) is 3.87. The van der Waals surface area contributed by atoms with Gasteiger partial charge >= 0.3 is 0 Å². The van der Waals surface area contributed by atoms with E-state index in [1.807, 2.05) is 39.6 Å². The van der Waals surface area contributed by atoms with Crippen LogP contribution in [0.15, 0.2) is 0 Å². The van der Waals surface area contributed by atoms with Crippen LogP contribution in [0.4, 0.5) is 5.69 Å². The molecular formula is C14H19ClN2O. The molecule has 1 atom stereocenters. The summed E-state index contributed by atoms with van der Waals surface area (Å²) in [5, 5.41) is 9.79. The van der Waals surface area contributed by atoms with Gasteiger partial charge in [0.25, 0.3) is 0 Å². The van der Waals surface area contributed by atoms with Crippen molar-refractivity contribution in [2.45, 2.75) is 33.7 Å². The summed E-state index contributed by atoms with van der Waals surface area (Å²) in [7, 11) is 3.52. The second-order valence-corrected chi connectivity index (χ2v) is 4.86. The van der Waals surface area contributed by atoms with Crippen LogP contribution in [0.25, 0.3) is 0 Å². The monoisotopic (exact) mass is 266 g/mol. The summed E-state index contributed by atoms with van der Waals surface area (Å²) in [4.78, 5) is 1.90. The highest BCUT2D eigenvalue weighted by molar-refractivity contribution is 6.32. The molecule has 0 heterocycles. The molecule has 1 aromatic carbocycles. The fourth-order valence-corrected chi connectivity index (χ4v) is 2.25. The molecule has 0 amide bonds. The van der Waals surface area contributed by atoms with Crippen molar-refractivity contribution in [3.63, 3.8) is 0 Å². The molecule has 0 aliphatic rings. The quantitative estimate of drug-likeness (QED) is 0.838. The second kappa shape index (κ2) is 5.49. The van der Waals surface area contributed by atoms with E-state index in [1.165, 1.54) is 0 Å². The number of benzene rings is 1. The first-order chi connectivity index (χ1) is 8.36. The Hall–Kier alpha value is -1.40. The van der Waals surface area contributed by atoms with E-state index in [2.05, 4.69) is 6.07 Å². The van der Waals surface area contributed by atoms with Gasteiger partial charge < -0.3 is 9.64 Å². The Kier molecular flexibility index (Phi) is 4.48. The van der Waals surface area contributed by atoms with Crippen molar-refractivity contribution in [3.8, 4) is 11.8 Å². The van der Waals surface area contributed by atoms with Crippen LogP contribution in [0.3, 0.4) is 0 Å². The summed E-state index contributed by atoms with van der Waals surface area (Å²) in [6, 6.07) is 1.98. The molecule has 1 aromatic rings. The molecule has 0 aliphatic heterocycles. The van der Waals surface area contributed by atoms with Gasteiger partial charge in [-0.15, -0.1) is 0 Å². The van der Waals surface area contributed by atoms with Gasteiger partial charge in [-0.1, -0.05) is 11.6 Å². The molecule has 0 aliphatic carbocycles. The Morgan fingerprint density at radius 3 is 2.22 bits per heavy atom. The topological polar surface area (TPSA) is 36.3 Å². The molecule has 0 N–H and O–H groups in total. The van der Waals surface area contributed by atoms with Crippen LogP contribution >= 0.6 is 11.6 Å². The van der Waals surface area contributed by atoms with Crippen LogP contribution in [-0.2, 0) is 0 Å². The maximum atomic E-state index is 9.05. The molecule has 1 unspecified atom stereocenters. The van der Waals surface area contributed by atoms with E-state index in [0.717, 1.165) is 33.1 Å². The van der Waals surface area contributed by atoms with Crippen molar-refractivity contribution in [3.05, 3.63) is 21.7 Å². The largest absolute Gasteiger partial charge is 0.494 e. The number of anilines is 1. The summed E-state index contributed by atoms with van der Waals surface area (Å²) in [6.07, 6.45) is 0. The molecule has 3 nitrogen and oxygen atoms in total. The van der Waals surface area contributed by atoms with E-state index in [4.69, 9.17) is 21.6 Å². The molecule has 0 aromatic heterocycles. The van der Waals surface area contributed by atoms with Gasteiger partial charge in [0.15, 0.2) is 0 Å². The van der Waals surface area contributed by atoms with Crippen molar-refractivity contribution in [2.24, 2.45) is 0 Å². The number of hydrogen-bond acceptors (Lipinski definition) is 3. The highest BCUT2D eigenvalue weighted by Crippen LogP contribution is 2.41. The van der Waals surface area contributed by atoms with Gasteiger partial charge in [0, 0.05) is 12.1 Å². The first kappa shape index (κ1) is 14.7. The van der Waals surface area contributed by atoms with Crippen LogP contribution in [0, 0.1) is 32.1 Å². The minimum Gasteiger partial charge on any atom is -0.494 e. The Labute approximate surface area is 114 Å². The molecular weight excluding hydrogens is 248 g/mol. The van der Waals surface area contributed by atoms with E-state index in [9.17, 15) is 0 Å². The van der Waals surface area contributed by atoms with Crippen LogP contribution < -0.4 is 9.64 Å². The van der Waals surface area contributed by atoms with Crippen molar-refractivity contribution in [1.29, 1.82) is 5.26 Å². The normalized spacial score (nSPS) is 11.9. The van der Waals surface area contributed by atoms with Crippen LogP contribution in [0.5, 0.6) is 5.75 Å². The molecule has 4 heteroatoms. The number of nitriles is 1. The van der Waals surface area contributed by atoms with Crippen LogP contribution in [-0.4, -0.2) is 20.2 Å². The van der Waals surface area contributed by atoms with E-state index in [-0.39, 0.29) is 6.04 Å². The molecule has 0 saturated heterocycles. The van der Waals surface area contributed by atoms with Crippen molar-refractivity contribution in [2.75, 3.05) is 19.1 Å². The lowest BCUT2D eigenvalue weighted by atomic mass is 10.0. The SMILES string of the molecule is COc1c(C)c(C)c(Cl)c(C)c1N(C)C(C)C#N. The molecule has 0 saturated carbocycles. The fraction of sp³-hybridized carbons (Fsp3) is 0.500. The second-order valence-electron chi connectivity index (χ2n) is 4.49. The van der Waals surface area contributed by atoms with Gasteiger partial charge in [-0.3, -0.25) is 0 Å².